The summed E-state index contributed by atoms with van der Waals surface area (Å²) in [4.78, 5) is 2.58. The molecule has 0 bridgehead atoms. The summed E-state index contributed by atoms with van der Waals surface area (Å²) < 4.78 is 0. The van der Waals surface area contributed by atoms with Crippen LogP contribution in [0.4, 0.5) is 0 Å². The zero-order valence-electron chi connectivity index (χ0n) is 7.01. The van der Waals surface area contributed by atoms with Gasteiger partial charge < -0.3 is 4.90 Å². The highest BCUT2D eigenvalue weighted by Gasteiger charge is 2.39. The molecule has 1 saturated carbocycles. The fraction of sp³-hybridized carbons (Fsp3) is 1.00. The number of hydrogen-bond donors (Lipinski definition) is 0. The van der Waals surface area contributed by atoms with Gasteiger partial charge in [0.25, 0.3) is 0 Å². The Balaban J connectivity index is 2.09. The van der Waals surface area contributed by atoms with Crippen LogP contribution in [0.25, 0.3) is 0 Å². The van der Waals surface area contributed by atoms with Gasteiger partial charge in [0, 0.05) is 12.1 Å². The number of hydrogen-bond acceptors (Lipinski definition) is 1. The van der Waals surface area contributed by atoms with E-state index in [4.69, 9.17) is 0 Å². The van der Waals surface area contributed by atoms with Crippen LogP contribution in [-0.4, -0.2) is 24.0 Å². The molecule has 1 nitrogen and oxygen atoms in total. The third-order valence-electron chi connectivity index (χ3n) is 3.48. The molecular weight excluding hydrogens is 122 g/mol. The molecule has 0 amide bonds. The molecule has 0 aromatic rings. The van der Waals surface area contributed by atoms with Crippen LogP contribution in [-0.2, 0) is 0 Å². The van der Waals surface area contributed by atoms with Gasteiger partial charge in [0.1, 0.15) is 0 Å². The highest BCUT2D eigenvalue weighted by atomic mass is 15.2. The molecule has 1 unspecified atom stereocenters. The van der Waals surface area contributed by atoms with E-state index in [-0.39, 0.29) is 0 Å². The molecule has 58 valence electrons. The maximum atomic E-state index is 2.58. The Hall–Kier alpha value is -0.0400. The Morgan fingerprint density at radius 2 is 2.10 bits per heavy atom. The van der Waals surface area contributed by atoms with E-state index in [0.717, 1.165) is 18.0 Å². The molecule has 2 fully saturated rings. The minimum atomic E-state index is 0.857. The van der Waals surface area contributed by atoms with Gasteiger partial charge in [0.2, 0.25) is 0 Å². The van der Waals surface area contributed by atoms with Crippen molar-refractivity contribution >= 4 is 0 Å². The minimum absolute atomic E-state index is 0.857. The summed E-state index contributed by atoms with van der Waals surface area (Å²) in [6.07, 6.45) is 5.90. The van der Waals surface area contributed by atoms with Crippen molar-refractivity contribution in [2.75, 3.05) is 7.05 Å². The highest BCUT2D eigenvalue weighted by molar-refractivity contribution is 4.93. The van der Waals surface area contributed by atoms with E-state index < -0.39 is 0 Å². The average molecular weight is 139 g/mol. The standard InChI is InChI=1S/C9H17N/c1-7-6-8-4-3-5-9(8)10(7)2/h7-9H,3-6H2,1-2H3/t7?,8-,9-/m0/s1. The van der Waals surface area contributed by atoms with Gasteiger partial charge >= 0.3 is 0 Å². The van der Waals surface area contributed by atoms with Gasteiger partial charge in [-0.05, 0) is 39.2 Å². The summed E-state index contributed by atoms with van der Waals surface area (Å²) in [5.41, 5.74) is 0. The van der Waals surface area contributed by atoms with Crippen LogP contribution >= 0.6 is 0 Å². The van der Waals surface area contributed by atoms with Crippen molar-refractivity contribution in [1.82, 2.24) is 4.90 Å². The van der Waals surface area contributed by atoms with Crippen LogP contribution < -0.4 is 0 Å². The smallest absolute Gasteiger partial charge is 0.0124 e. The molecule has 1 heteroatoms. The second-order valence-corrected chi connectivity index (χ2v) is 4.01. The third-order valence-corrected chi connectivity index (χ3v) is 3.48. The van der Waals surface area contributed by atoms with E-state index in [1.165, 1.54) is 25.7 Å². The lowest BCUT2D eigenvalue weighted by Crippen LogP contribution is -2.30. The second-order valence-electron chi connectivity index (χ2n) is 4.01. The summed E-state index contributed by atoms with van der Waals surface area (Å²) in [6.45, 7) is 2.36. The van der Waals surface area contributed by atoms with Gasteiger partial charge in [0.05, 0.1) is 0 Å². The largest absolute Gasteiger partial charge is 0.300 e. The summed E-state index contributed by atoms with van der Waals surface area (Å²) in [5.74, 6) is 1.06. The van der Waals surface area contributed by atoms with Gasteiger partial charge in [-0.15, -0.1) is 0 Å². The van der Waals surface area contributed by atoms with Crippen molar-refractivity contribution < 1.29 is 0 Å². The quantitative estimate of drug-likeness (QED) is 0.495. The normalized spacial score (nSPS) is 48.0. The van der Waals surface area contributed by atoms with Gasteiger partial charge in [-0.25, -0.2) is 0 Å². The summed E-state index contributed by atoms with van der Waals surface area (Å²) in [6, 6.07) is 1.81. The van der Waals surface area contributed by atoms with Crippen molar-refractivity contribution in [3.05, 3.63) is 0 Å². The molecule has 2 rings (SSSR count). The molecule has 2 aliphatic rings. The summed E-state index contributed by atoms with van der Waals surface area (Å²) in [5, 5.41) is 0. The molecule has 0 N–H and O–H groups in total. The molecule has 0 radical (unpaired) electrons. The maximum Gasteiger partial charge on any atom is 0.0124 e. The first kappa shape index (κ1) is 6.66. The Morgan fingerprint density at radius 3 is 2.80 bits per heavy atom. The first-order valence-corrected chi connectivity index (χ1v) is 4.51. The lowest BCUT2D eigenvalue weighted by atomic mass is 10.0. The first-order valence-electron chi connectivity index (χ1n) is 4.51. The van der Waals surface area contributed by atoms with E-state index in [2.05, 4.69) is 18.9 Å². The van der Waals surface area contributed by atoms with Crippen molar-refractivity contribution in [1.29, 1.82) is 0 Å². The SMILES string of the molecule is CC1C[C@@H]2CCC[C@@H]2N1C. The molecule has 3 atom stereocenters. The number of fused-ring (bicyclic) bond motifs is 1. The molecule has 1 aliphatic carbocycles. The predicted octanol–water partition coefficient (Wildman–Crippen LogP) is 1.88. The van der Waals surface area contributed by atoms with Crippen molar-refractivity contribution in [2.24, 2.45) is 5.92 Å². The molecule has 10 heavy (non-hydrogen) atoms. The van der Waals surface area contributed by atoms with E-state index >= 15 is 0 Å². The number of nitrogens with zero attached hydrogens (tertiary/aromatic N) is 1. The molecule has 0 spiro atoms. The summed E-state index contributed by atoms with van der Waals surface area (Å²) >= 11 is 0. The topological polar surface area (TPSA) is 3.24 Å². The predicted molar refractivity (Wildman–Crippen MR) is 43.0 cm³/mol. The van der Waals surface area contributed by atoms with E-state index in [1.807, 2.05) is 0 Å². The van der Waals surface area contributed by atoms with Crippen LogP contribution in [0.5, 0.6) is 0 Å². The molecular formula is C9H17N. The molecule has 1 saturated heterocycles. The Morgan fingerprint density at radius 1 is 1.30 bits per heavy atom. The van der Waals surface area contributed by atoms with Crippen molar-refractivity contribution in [3.8, 4) is 0 Å². The Kier molecular flexibility index (Phi) is 1.48. The monoisotopic (exact) mass is 139 g/mol. The van der Waals surface area contributed by atoms with Crippen LogP contribution in [0, 0.1) is 5.92 Å². The lowest BCUT2D eigenvalue weighted by Gasteiger charge is -2.21. The fourth-order valence-electron chi connectivity index (χ4n) is 2.76. The second kappa shape index (κ2) is 2.23. The maximum absolute atomic E-state index is 2.58. The van der Waals surface area contributed by atoms with Crippen LogP contribution in [0.15, 0.2) is 0 Å². The minimum Gasteiger partial charge on any atom is -0.300 e. The Labute approximate surface area is 63.4 Å². The van der Waals surface area contributed by atoms with Gasteiger partial charge in [-0.3, -0.25) is 0 Å². The Bertz CT molecular complexity index is 131. The summed E-state index contributed by atoms with van der Waals surface area (Å²) in [7, 11) is 2.29. The molecule has 1 aliphatic heterocycles. The van der Waals surface area contributed by atoms with Crippen LogP contribution in [0.1, 0.15) is 32.6 Å². The lowest BCUT2D eigenvalue weighted by molar-refractivity contribution is 0.245. The van der Waals surface area contributed by atoms with Crippen LogP contribution in [0.3, 0.4) is 0 Å². The highest BCUT2D eigenvalue weighted by Crippen LogP contribution is 2.39. The number of likely N-dealkylation sites (tertiary alicyclic amines) is 1. The van der Waals surface area contributed by atoms with Gasteiger partial charge in [-0.2, -0.15) is 0 Å². The van der Waals surface area contributed by atoms with Crippen LogP contribution in [0.2, 0.25) is 0 Å². The molecule has 0 aromatic carbocycles. The van der Waals surface area contributed by atoms with Gasteiger partial charge in [0.15, 0.2) is 0 Å². The number of rotatable bonds is 0. The zero-order valence-corrected chi connectivity index (χ0v) is 7.01. The van der Waals surface area contributed by atoms with Crippen molar-refractivity contribution in [2.45, 2.75) is 44.7 Å². The fourth-order valence-corrected chi connectivity index (χ4v) is 2.76. The first-order chi connectivity index (χ1) is 4.79. The van der Waals surface area contributed by atoms with E-state index in [1.54, 1.807) is 0 Å². The van der Waals surface area contributed by atoms with E-state index in [9.17, 15) is 0 Å². The molecule has 1 heterocycles. The zero-order chi connectivity index (χ0) is 7.14. The van der Waals surface area contributed by atoms with Gasteiger partial charge in [-0.1, -0.05) is 6.42 Å². The average Bonchev–Trinajstić information content (AvgIpc) is 2.41. The third kappa shape index (κ3) is 0.800. The van der Waals surface area contributed by atoms with E-state index in [0.29, 0.717) is 0 Å². The molecule has 0 aromatic heterocycles. The van der Waals surface area contributed by atoms with Crippen molar-refractivity contribution in [3.63, 3.8) is 0 Å².